The van der Waals surface area contributed by atoms with Crippen LogP contribution < -0.4 is 15.0 Å². The van der Waals surface area contributed by atoms with Crippen molar-refractivity contribution in [3.05, 3.63) is 47.0 Å². The predicted molar refractivity (Wildman–Crippen MR) is 146 cm³/mol. The SMILES string of the molecule is CN1CCN(c2cc(Nc3ncc(C#N)s3)nc(Oc3ccc(CC(=O)C4CCSS4)cc3)n2)CC1. The zero-order valence-electron chi connectivity index (χ0n) is 19.7. The minimum absolute atomic E-state index is 0.102. The number of likely N-dealkylation sites (N-methyl/N-ethyl adjacent to an activating group) is 1. The van der Waals surface area contributed by atoms with Crippen LogP contribution in [0.5, 0.6) is 11.8 Å². The Labute approximate surface area is 221 Å². The third-order valence-electron chi connectivity index (χ3n) is 5.89. The van der Waals surface area contributed by atoms with E-state index < -0.39 is 0 Å². The van der Waals surface area contributed by atoms with Gasteiger partial charge >= 0.3 is 6.01 Å². The van der Waals surface area contributed by atoms with Gasteiger partial charge < -0.3 is 19.9 Å². The van der Waals surface area contributed by atoms with Crippen LogP contribution in [0.2, 0.25) is 0 Å². The van der Waals surface area contributed by atoms with Crippen molar-refractivity contribution < 1.29 is 9.53 Å². The van der Waals surface area contributed by atoms with E-state index in [1.807, 2.05) is 30.3 Å². The Balaban J connectivity index is 1.33. The molecule has 1 aromatic carbocycles. The number of ketones is 1. The monoisotopic (exact) mass is 539 g/mol. The lowest BCUT2D eigenvalue weighted by atomic mass is 10.1. The van der Waals surface area contributed by atoms with Crippen LogP contribution in [-0.4, -0.2) is 69.9 Å². The molecule has 4 heterocycles. The van der Waals surface area contributed by atoms with Gasteiger partial charge in [0.25, 0.3) is 0 Å². The number of hydrogen-bond donors (Lipinski definition) is 1. The number of thiazole rings is 1. The number of nitriles is 1. The fourth-order valence-corrected chi connectivity index (χ4v) is 7.30. The molecule has 2 aromatic heterocycles. The van der Waals surface area contributed by atoms with Gasteiger partial charge in [0.2, 0.25) is 0 Å². The molecule has 36 heavy (non-hydrogen) atoms. The Morgan fingerprint density at radius 2 is 2.03 bits per heavy atom. The summed E-state index contributed by atoms with van der Waals surface area (Å²) in [6.45, 7) is 3.59. The highest BCUT2D eigenvalue weighted by atomic mass is 33.1. The summed E-state index contributed by atoms with van der Waals surface area (Å²) in [6.07, 6.45) is 2.91. The summed E-state index contributed by atoms with van der Waals surface area (Å²) in [5.41, 5.74) is 0.969. The first-order chi connectivity index (χ1) is 17.6. The van der Waals surface area contributed by atoms with Gasteiger partial charge in [0.05, 0.1) is 11.4 Å². The number of rotatable bonds is 8. The van der Waals surface area contributed by atoms with E-state index in [4.69, 9.17) is 10.00 Å². The fourth-order valence-electron chi connectivity index (χ4n) is 3.86. The number of benzene rings is 1. The molecule has 0 spiro atoms. The zero-order chi connectivity index (χ0) is 24.9. The second-order valence-electron chi connectivity index (χ2n) is 8.54. The number of aromatic nitrogens is 3. The summed E-state index contributed by atoms with van der Waals surface area (Å²) < 4.78 is 6.03. The van der Waals surface area contributed by atoms with Crippen molar-refractivity contribution in [2.75, 3.05) is 49.2 Å². The molecule has 2 aliphatic heterocycles. The molecule has 0 saturated carbocycles. The van der Waals surface area contributed by atoms with Crippen LogP contribution in [0, 0.1) is 11.3 Å². The van der Waals surface area contributed by atoms with Crippen molar-refractivity contribution >= 4 is 55.5 Å². The normalized spacial score (nSPS) is 18.1. The van der Waals surface area contributed by atoms with Gasteiger partial charge in [-0.1, -0.05) is 45.1 Å². The van der Waals surface area contributed by atoms with Crippen molar-refractivity contribution in [3.63, 3.8) is 0 Å². The molecule has 2 fully saturated rings. The van der Waals surface area contributed by atoms with Gasteiger partial charge in [-0.15, -0.1) is 0 Å². The topological polar surface area (TPSA) is 107 Å². The quantitative estimate of drug-likeness (QED) is 0.413. The Kier molecular flexibility index (Phi) is 7.91. The number of nitrogens with zero attached hydrogens (tertiary/aromatic N) is 6. The molecule has 1 unspecified atom stereocenters. The number of carbonyl (C=O) groups excluding carboxylic acids is 1. The van der Waals surface area contributed by atoms with Crippen molar-refractivity contribution in [2.24, 2.45) is 0 Å². The zero-order valence-corrected chi connectivity index (χ0v) is 22.2. The molecule has 186 valence electrons. The van der Waals surface area contributed by atoms with Gasteiger partial charge in [-0.2, -0.15) is 15.2 Å². The maximum Gasteiger partial charge on any atom is 0.325 e. The van der Waals surface area contributed by atoms with E-state index in [9.17, 15) is 4.79 Å². The Morgan fingerprint density at radius 3 is 2.72 bits per heavy atom. The Morgan fingerprint density at radius 1 is 1.22 bits per heavy atom. The standard InChI is InChI=1S/C24H25N7O2S3/c1-30-7-9-31(10-8-30)22-13-21(28-24-26-15-18(14-25)35-24)27-23(29-22)33-17-4-2-16(3-5-17)12-19(32)20-6-11-34-36-20/h2-5,13,15,20H,6-12H2,1H3,(H,26,27,28,29). The van der Waals surface area contributed by atoms with E-state index in [1.165, 1.54) is 17.5 Å². The Hall–Kier alpha value is -2.85. The average Bonchev–Trinajstić information content (AvgIpc) is 3.58. The maximum atomic E-state index is 12.5. The van der Waals surface area contributed by atoms with E-state index >= 15 is 0 Å². The predicted octanol–water partition coefficient (Wildman–Crippen LogP) is 4.36. The highest BCUT2D eigenvalue weighted by Gasteiger charge is 2.24. The number of carbonyl (C=O) groups is 1. The van der Waals surface area contributed by atoms with E-state index in [0.717, 1.165) is 49.7 Å². The molecule has 1 atom stereocenters. The van der Waals surface area contributed by atoms with Crippen LogP contribution in [-0.2, 0) is 11.2 Å². The van der Waals surface area contributed by atoms with E-state index in [1.54, 1.807) is 21.6 Å². The van der Waals surface area contributed by atoms with E-state index in [-0.39, 0.29) is 17.0 Å². The molecule has 3 aromatic rings. The molecule has 0 aliphatic carbocycles. The molecule has 1 N–H and O–H groups in total. The van der Waals surface area contributed by atoms with Crippen molar-refractivity contribution in [2.45, 2.75) is 18.1 Å². The summed E-state index contributed by atoms with van der Waals surface area (Å²) >= 11 is 1.26. The van der Waals surface area contributed by atoms with Crippen LogP contribution in [0.4, 0.5) is 16.8 Å². The van der Waals surface area contributed by atoms with E-state index in [0.29, 0.717) is 28.0 Å². The highest BCUT2D eigenvalue weighted by Crippen LogP contribution is 2.38. The lowest BCUT2D eigenvalue weighted by Crippen LogP contribution is -2.44. The van der Waals surface area contributed by atoms with Gasteiger partial charge in [0.15, 0.2) is 10.9 Å². The number of nitrogens with one attached hydrogen (secondary N) is 1. The third-order valence-corrected chi connectivity index (χ3v) is 9.58. The van der Waals surface area contributed by atoms with Crippen LogP contribution >= 0.6 is 32.9 Å². The minimum atomic E-state index is 0.102. The minimum Gasteiger partial charge on any atom is -0.424 e. The summed E-state index contributed by atoms with van der Waals surface area (Å²) in [6, 6.07) is 11.7. The molecule has 5 rings (SSSR count). The number of hydrogen-bond acceptors (Lipinski definition) is 12. The summed E-state index contributed by atoms with van der Waals surface area (Å²) in [4.78, 5) is 30.9. The molecule has 0 radical (unpaired) electrons. The van der Waals surface area contributed by atoms with Crippen LogP contribution in [0.15, 0.2) is 36.5 Å². The smallest absolute Gasteiger partial charge is 0.325 e. The fraction of sp³-hybridized carbons (Fsp3) is 0.375. The first-order valence-corrected chi connectivity index (χ1v) is 14.8. The van der Waals surface area contributed by atoms with Crippen molar-refractivity contribution in [3.8, 4) is 17.8 Å². The second-order valence-corrected chi connectivity index (χ2v) is 12.3. The highest BCUT2D eigenvalue weighted by molar-refractivity contribution is 8.77. The largest absolute Gasteiger partial charge is 0.424 e. The number of piperazine rings is 1. The van der Waals surface area contributed by atoms with Crippen LogP contribution in [0.25, 0.3) is 0 Å². The van der Waals surface area contributed by atoms with Gasteiger partial charge in [0, 0.05) is 44.4 Å². The molecule has 0 amide bonds. The van der Waals surface area contributed by atoms with Gasteiger partial charge in [0.1, 0.15) is 28.3 Å². The van der Waals surface area contributed by atoms with Gasteiger partial charge in [-0.25, -0.2) is 4.98 Å². The molecule has 2 aliphatic rings. The van der Waals surface area contributed by atoms with Crippen LogP contribution in [0.3, 0.4) is 0 Å². The van der Waals surface area contributed by atoms with Crippen LogP contribution in [0.1, 0.15) is 16.9 Å². The molecule has 2 saturated heterocycles. The summed E-state index contributed by atoms with van der Waals surface area (Å²) in [7, 11) is 5.57. The lowest BCUT2D eigenvalue weighted by molar-refractivity contribution is -0.117. The number of anilines is 3. The Bertz CT molecular complexity index is 1250. The third kappa shape index (κ3) is 6.28. The number of Topliss-reactive ketones (excluding diaryl/α,β-unsaturated/α-hetero) is 1. The lowest BCUT2D eigenvalue weighted by Gasteiger charge is -2.33. The maximum absolute atomic E-state index is 12.5. The van der Waals surface area contributed by atoms with E-state index in [2.05, 4.69) is 43.2 Å². The first-order valence-electron chi connectivity index (χ1n) is 11.6. The van der Waals surface area contributed by atoms with Gasteiger partial charge in [-0.3, -0.25) is 4.79 Å². The first kappa shape index (κ1) is 24.8. The molecule has 9 nitrogen and oxygen atoms in total. The van der Waals surface area contributed by atoms with Crippen molar-refractivity contribution in [1.82, 2.24) is 19.9 Å². The molecule has 12 heteroatoms. The second kappa shape index (κ2) is 11.5. The summed E-state index contributed by atoms with van der Waals surface area (Å²) in [5.74, 6) is 3.22. The summed E-state index contributed by atoms with van der Waals surface area (Å²) in [5, 5.41) is 13.0. The van der Waals surface area contributed by atoms with Crippen molar-refractivity contribution in [1.29, 1.82) is 5.26 Å². The molecular weight excluding hydrogens is 515 g/mol. The average molecular weight is 540 g/mol. The molecular formula is C24H25N7O2S3. The van der Waals surface area contributed by atoms with Gasteiger partial charge in [-0.05, 0) is 31.2 Å². The molecule has 0 bridgehead atoms. The number of ether oxygens (including phenoxy) is 1.